The Bertz CT molecular complexity index is 457. The van der Waals surface area contributed by atoms with Crippen LogP contribution in [0.4, 0.5) is 0 Å². The Morgan fingerprint density at radius 2 is 1.57 bits per heavy atom. The standard InChI is InChI=1S/C11H19NO7S2/c1-4-18-10(14)9(11(15)19-5-2)12-8(13)6-7-20-21(3,16)17/h9H,4-7H2,1-3H3,(H,12,13). The Balaban J connectivity index is 4.55. The van der Waals surface area contributed by atoms with E-state index in [4.69, 9.17) is 0 Å². The predicted octanol–water partition coefficient (Wildman–Crippen LogP) is -0.320. The summed E-state index contributed by atoms with van der Waals surface area (Å²) in [6.45, 7) is 3.22. The molecule has 0 spiro atoms. The number of rotatable bonds is 9. The first-order valence-electron chi connectivity index (χ1n) is 6.18. The molecule has 0 aliphatic carbocycles. The molecular weight excluding hydrogens is 322 g/mol. The first kappa shape index (κ1) is 19.7. The molecule has 0 aromatic rings. The average molecular weight is 341 g/mol. The molecule has 0 saturated carbocycles. The molecule has 0 aliphatic heterocycles. The van der Waals surface area contributed by atoms with Crippen molar-refractivity contribution >= 4 is 37.5 Å². The van der Waals surface area contributed by atoms with Gasteiger partial charge in [0.05, 0.1) is 13.2 Å². The molecule has 0 saturated heterocycles. The molecule has 0 bridgehead atoms. The Hall–Kier alpha value is -1.29. The van der Waals surface area contributed by atoms with Gasteiger partial charge in [-0.25, -0.2) is 18.0 Å². The van der Waals surface area contributed by atoms with Gasteiger partial charge in [0.1, 0.15) is 0 Å². The molecule has 0 rings (SSSR count). The van der Waals surface area contributed by atoms with E-state index in [1.807, 2.05) is 0 Å². The van der Waals surface area contributed by atoms with Crippen LogP contribution in [0.1, 0.15) is 20.3 Å². The second-order valence-electron chi connectivity index (χ2n) is 3.78. The van der Waals surface area contributed by atoms with Crippen LogP contribution < -0.4 is 5.32 Å². The highest BCUT2D eigenvalue weighted by Crippen LogP contribution is 2.10. The third kappa shape index (κ3) is 9.29. The SMILES string of the molecule is CCOC(=O)C(NC(=O)CCSS(C)(=O)=O)C(=O)OCC. The Morgan fingerprint density at radius 3 is 1.95 bits per heavy atom. The van der Waals surface area contributed by atoms with E-state index in [9.17, 15) is 22.8 Å². The van der Waals surface area contributed by atoms with Crippen LogP contribution in [0.25, 0.3) is 0 Å². The van der Waals surface area contributed by atoms with Gasteiger partial charge in [-0.15, -0.1) is 0 Å². The largest absolute Gasteiger partial charge is 0.464 e. The van der Waals surface area contributed by atoms with Crippen LogP contribution in [0.15, 0.2) is 0 Å². The third-order valence-corrected chi connectivity index (χ3v) is 4.56. The number of hydrogen-bond donors (Lipinski definition) is 1. The van der Waals surface area contributed by atoms with Crippen molar-refractivity contribution in [1.82, 2.24) is 5.32 Å². The van der Waals surface area contributed by atoms with Crippen molar-refractivity contribution in [2.45, 2.75) is 26.3 Å². The van der Waals surface area contributed by atoms with Crippen LogP contribution in [-0.2, 0) is 32.7 Å². The lowest BCUT2D eigenvalue weighted by Crippen LogP contribution is -2.48. The minimum absolute atomic E-state index is 0.0169. The van der Waals surface area contributed by atoms with Gasteiger partial charge in [-0.05, 0) is 24.6 Å². The van der Waals surface area contributed by atoms with Crippen molar-refractivity contribution in [3.05, 3.63) is 0 Å². The van der Waals surface area contributed by atoms with Crippen molar-refractivity contribution in [3.8, 4) is 0 Å². The van der Waals surface area contributed by atoms with E-state index < -0.39 is 32.8 Å². The number of hydrogen-bond acceptors (Lipinski definition) is 8. The highest BCUT2D eigenvalue weighted by Gasteiger charge is 2.31. The lowest BCUT2D eigenvalue weighted by Gasteiger charge is -2.15. The van der Waals surface area contributed by atoms with Crippen molar-refractivity contribution in [2.75, 3.05) is 25.2 Å². The summed E-state index contributed by atoms with van der Waals surface area (Å²) < 4.78 is 31.2. The maximum atomic E-state index is 11.6. The molecule has 10 heteroatoms. The molecule has 122 valence electrons. The molecule has 0 aromatic heterocycles. The number of esters is 2. The minimum atomic E-state index is -3.24. The van der Waals surface area contributed by atoms with Crippen molar-refractivity contribution in [1.29, 1.82) is 0 Å². The molecule has 0 heterocycles. The Kier molecular flexibility index (Phi) is 9.02. The summed E-state index contributed by atoms with van der Waals surface area (Å²) in [5, 5.41) is 2.18. The Morgan fingerprint density at radius 1 is 1.10 bits per heavy atom. The summed E-state index contributed by atoms with van der Waals surface area (Å²) in [4.78, 5) is 34.8. The van der Waals surface area contributed by atoms with Gasteiger partial charge in [-0.1, -0.05) is 0 Å². The lowest BCUT2D eigenvalue weighted by molar-refractivity contribution is -0.159. The highest BCUT2D eigenvalue weighted by atomic mass is 33.1. The molecule has 21 heavy (non-hydrogen) atoms. The van der Waals surface area contributed by atoms with Crippen LogP contribution in [0.3, 0.4) is 0 Å². The van der Waals surface area contributed by atoms with E-state index in [1.54, 1.807) is 13.8 Å². The molecule has 0 aromatic carbocycles. The summed E-state index contributed by atoms with van der Waals surface area (Å²) in [5.41, 5.74) is 0. The van der Waals surface area contributed by atoms with E-state index >= 15 is 0 Å². The second kappa shape index (κ2) is 9.61. The van der Waals surface area contributed by atoms with Gasteiger partial charge in [0.15, 0.2) is 8.87 Å². The van der Waals surface area contributed by atoms with Gasteiger partial charge in [0.2, 0.25) is 11.9 Å². The summed E-state index contributed by atoms with van der Waals surface area (Å²) >= 11 is 0. The fourth-order valence-electron chi connectivity index (χ4n) is 1.18. The zero-order valence-electron chi connectivity index (χ0n) is 12.1. The quantitative estimate of drug-likeness (QED) is 0.345. The topological polar surface area (TPSA) is 116 Å². The molecule has 1 amide bonds. The molecule has 0 unspecified atom stereocenters. The number of carbonyl (C=O) groups is 3. The van der Waals surface area contributed by atoms with Gasteiger partial charge < -0.3 is 14.8 Å². The van der Waals surface area contributed by atoms with Crippen molar-refractivity contribution in [2.24, 2.45) is 0 Å². The molecule has 8 nitrogen and oxygen atoms in total. The second-order valence-corrected chi connectivity index (χ2v) is 8.36. The zero-order chi connectivity index (χ0) is 16.5. The first-order chi connectivity index (χ1) is 9.71. The monoisotopic (exact) mass is 341 g/mol. The van der Waals surface area contributed by atoms with Crippen molar-refractivity contribution < 1.29 is 32.3 Å². The summed E-state index contributed by atoms with van der Waals surface area (Å²) in [7, 11) is -2.64. The number of nitrogens with one attached hydrogen (secondary N) is 1. The maximum Gasteiger partial charge on any atom is 0.340 e. The summed E-state index contributed by atoms with van der Waals surface area (Å²) in [6, 6.07) is -1.54. The first-order valence-corrected chi connectivity index (χ1v) is 9.57. The van der Waals surface area contributed by atoms with E-state index in [-0.39, 0.29) is 25.4 Å². The molecular formula is C11H19NO7S2. The maximum absolute atomic E-state index is 11.6. The van der Waals surface area contributed by atoms with Gasteiger partial charge in [-0.2, -0.15) is 0 Å². The minimum Gasteiger partial charge on any atom is -0.464 e. The van der Waals surface area contributed by atoms with Gasteiger partial charge in [0, 0.05) is 18.4 Å². The summed E-state index contributed by atoms with van der Waals surface area (Å²) in [5.74, 6) is -2.46. The molecule has 0 radical (unpaired) electrons. The van der Waals surface area contributed by atoms with E-state index in [0.717, 1.165) is 6.26 Å². The van der Waals surface area contributed by atoms with E-state index in [1.165, 1.54) is 0 Å². The number of amides is 1. The lowest BCUT2D eigenvalue weighted by atomic mass is 10.3. The number of carbonyl (C=O) groups excluding carboxylic acids is 3. The smallest absolute Gasteiger partial charge is 0.340 e. The molecule has 0 aliphatic rings. The predicted molar refractivity (Wildman–Crippen MR) is 77.1 cm³/mol. The normalized spacial score (nSPS) is 11.0. The molecule has 1 N–H and O–H groups in total. The van der Waals surface area contributed by atoms with E-state index in [2.05, 4.69) is 14.8 Å². The van der Waals surface area contributed by atoms with Crippen molar-refractivity contribution in [3.63, 3.8) is 0 Å². The van der Waals surface area contributed by atoms with Crippen LogP contribution in [0, 0.1) is 0 Å². The summed E-state index contributed by atoms with van der Waals surface area (Å²) in [6.07, 6.45) is 0.864. The average Bonchev–Trinajstić information content (AvgIpc) is 2.34. The molecule has 0 fully saturated rings. The van der Waals surface area contributed by atoms with E-state index in [0.29, 0.717) is 10.8 Å². The highest BCUT2D eigenvalue weighted by molar-refractivity contribution is 8.71. The van der Waals surface area contributed by atoms with Crippen LogP contribution in [0.2, 0.25) is 0 Å². The van der Waals surface area contributed by atoms with Crippen LogP contribution in [0.5, 0.6) is 0 Å². The Labute approximate surface area is 127 Å². The van der Waals surface area contributed by atoms with Gasteiger partial charge in [0.25, 0.3) is 0 Å². The number of ether oxygens (including phenoxy) is 2. The fourth-order valence-corrected chi connectivity index (χ4v) is 2.91. The fraction of sp³-hybridized carbons (Fsp3) is 0.727. The third-order valence-electron chi connectivity index (χ3n) is 1.98. The van der Waals surface area contributed by atoms with Crippen LogP contribution in [-0.4, -0.2) is 57.5 Å². The van der Waals surface area contributed by atoms with Crippen LogP contribution >= 0.6 is 10.8 Å². The zero-order valence-corrected chi connectivity index (χ0v) is 13.7. The van der Waals surface area contributed by atoms with Gasteiger partial charge >= 0.3 is 11.9 Å². The molecule has 0 atom stereocenters. The van der Waals surface area contributed by atoms with Gasteiger partial charge in [-0.3, -0.25) is 4.79 Å².